The minimum Gasteiger partial charge on any atom is -0.486 e. The molecule has 4 nitrogen and oxygen atoms in total. The van der Waals surface area contributed by atoms with E-state index in [9.17, 15) is 4.79 Å². The Kier molecular flexibility index (Phi) is 5.04. The van der Waals surface area contributed by atoms with Gasteiger partial charge in [0.25, 0.3) is 5.91 Å². The topological polar surface area (TPSA) is 42.4 Å². The van der Waals surface area contributed by atoms with Crippen LogP contribution in [0.2, 0.25) is 0 Å². The van der Waals surface area contributed by atoms with Crippen LogP contribution in [0.4, 0.5) is 0 Å². The average molecular weight is 385 g/mol. The van der Waals surface area contributed by atoms with Gasteiger partial charge in [-0.2, -0.15) is 0 Å². The molecule has 0 bridgehead atoms. The zero-order valence-electron chi connectivity index (χ0n) is 14.6. The smallest absolute Gasteiger partial charge is 0.264 e. The number of aryl methyl sites for hydroxylation is 1. The van der Waals surface area contributed by atoms with Crippen LogP contribution in [-0.2, 0) is 13.2 Å². The van der Waals surface area contributed by atoms with E-state index in [2.05, 4.69) is 11.9 Å². The molecule has 1 fully saturated rings. The van der Waals surface area contributed by atoms with Gasteiger partial charge < -0.3 is 9.64 Å². The highest BCUT2D eigenvalue weighted by molar-refractivity contribution is 7.12. The van der Waals surface area contributed by atoms with Crippen LogP contribution in [0.1, 0.15) is 38.8 Å². The lowest BCUT2D eigenvalue weighted by Gasteiger charge is -2.20. The number of hydrogen-bond acceptors (Lipinski definition) is 5. The van der Waals surface area contributed by atoms with Gasteiger partial charge in [-0.3, -0.25) is 4.79 Å². The molecule has 2 aromatic heterocycles. The van der Waals surface area contributed by atoms with E-state index < -0.39 is 0 Å². The fraction of sp³-hybridized carbons (Fsp3) is 0.300. The van der Waals surface area contributed by atoms with Crippen LogP contribution in [-0.4, -0.2) is 21.8 Å². The maximum absolute atomic E-state index is 12.7. The highest BCUT2D eigenvalue weighted by atomic mass is 32.1. The lowest BCUT2D eigenvalue weighted by atomic mass is 10.2. The number of carbonyl (C=O) groups is 1. The van der Waals surface area contributed by atoms with E-state index in [0.717, 1.165) is 34.2 Å². The zero-order chi connectivity index (χ0) is 17.9. The summed E-state index contributed by atoms with van der Waals surface area (Å²) in [4.78, 5) is 20.1. The number of thiazole rings is 1. The molecule has 2 heterocycles. The Labute approximate surface area is 161 Å². The molecule has 0 N–H and O–H groups in total. The van der Waals surface area contributed by atoms with Crippen molar-refractivity contribution < 1.29 is 9.53 Å². The molecule has 1 saturated carbocycles. The molecular weight excluding hydrogens is 364 g/mol. The highest BCUT2D eigenvalue weighted by Crippen LogP contribution is 2.31. The molecule has 1 aliphatic carbocycles. The summed E-state index contributed by atoms with van der Waals surface area (Å²) in [5, 5.41) is 4.91. The van der Waals surface area contributed by atoms with Gasteiger partial charge in [0, 0.05) is 11.4 Å². The number of hydrogen-bond donors (Lipinski definition) is 0. The summed E-state index contributed by atoms with van der Waals surface area (Å²) in [5.41, 5.74) is 2.15. The Morgan fingerprint density at radius 3 is 2.73 bits per heavy atom. The van der Waals surface area contributed by atoms with Crippen LogP contribution in [0.15, 0.2) is 47.2 Å². The first kappa shape index (κ1) is 17.2. The predicted molar refractivity (Wildman–Crippen MR) is 105 cm³/mol. The quantitative estimate of drug-likeness (QED) is 0.582. The Hall–Kier alpha value is -2.18. The molecule has 1 aromatic carbocycles. The molecule has 134 valence electrons. The number of nitrogens with zero attached hydrogens (tertiary/aromatic N) is 2. The van der Waals surface area contributed by atoms with E-state index >= 15 is 0 Å². The molecule has 1 amide bonds. The van der Waals surface area contributed by atoms with E-state index in [1.165, 1.54) is 16.9 Å². The average Bonchev–Trinajstić information content (AvgIpc) is 3.16. The maximum Gasteiger partial charge on any atom is 0.264 e. The van der Waals surface area contributed by atoms with Gasteiger partial charge >= 0.3 is 0 Å². The van der Waals surface area contributed by atoms with Gasteiger partial charge in [0.1, 0.15) is 17.4 Å². The SMILES string of the molecule is Cc1ccc(OCc2nc(CN(C(=O)c3cccs3)C3CC3)cs2)cc1. The third-order valence-electron chi connectivity index (χ3n) is 4.30. The van der Waals surface area contributed by atoms with Crippen molar-refractivity contribution in [3.8, 4) is 5.75 Å². The van der Waals surface area contributed by atoms with Gasteiger partial charge in [0.2, 0.25) is 0 Å². The van der Waals surface area contributed by atoms with Crippen molar-refractivity contribution in [1.82, 2.24) is 9.88 Å². The summed E-state index contributed by atoms with van der Waals surface area (Å²) < 4.78 is 5.80. The summed E-state index contributed by atoms with van der Waals surface area (Å²) in [6, 6.07) is 12.2. The molecule has 0 radical (unpaired) electrons. The normalized spacial score (nSPS) is 13.6. The van der Waals surface area contributed by atoms with Crippen molar-refractivity contribution in [3.05, 3.63) is 68.3 Å². The van der Waals surface area contributed by atoms with Crippen LogP contribution in [0.25, 0.3) is 0 Å². The van der Waals surface area contributed by atoms with E-state index in [4.69, 9.17) is 4.74 Å². The molecule has 1 aliphatic rings. The van der Waals surface area contributed by atoms with Crippen LogP contribution in [0.3, 0.4) is 0 Å². The number of aromatic nitrogens is 1. The molecule has 0 saturated heterocycles. The number of benzene rings is 1. The van der Waals surface area contributed by atoms with Crippen molar-refractivity contribution in [3.63, 3.8) is 0 Å². The van der Waals surface area contributed by atoms with Gasteiger partial charge in [0.15, 0.2) is 0 Å². The van der Waals surface area contributed by atoms with E-state index in [1.807, 2.05) is 52.1 Å². The second-order valence-electron chi connectivity index (χ2n) is 6.48. The van der Waals surface area contributed by atoms with Gasteiger partial charge in [-0.15, -0.1) is 22.7 Å². The molecule has 0 atom stereocenters. The van der Waals surface area contributed by atoms with Crippen LogP contribution in [0.5, 0.6) is 5.75 Å². The monoisotopic (exact) mass is 384 g/mol. The minimum absolute atomic E-state index is 0.118. The first-order valence-corrected chi connectivity index (χ1v) is 10.4. The molecule has 26 heavy (non-hydrogen) atoms. The van der Waals surface area contributed by atoms with Gasteiger partial charge in [-0.1, -0.05) is 23.8 Å². The first-order chi connectivity index (χ1) is 12.7. The highest BCUT2D eigenvalue weighted by Gasteiger charge is 2.33. The number of ether oxygens (including phenoxy) is 1. The Morgan fingerprint density at radius 1 is 1.23 bits per heavy atom. The summed E-state index contributed by atoms with van der Waals surface area (Å²) in [7, 11) is 0. The van der Waals surface area contributed by atoms with Crippen molar-refractivity contribution in [1.29, 1.82) is 0 Å². The Bertz CT molecular complexity index is 868. The number of thiophene rings is 1. The summed E-state index contributed by atoms with van der Waals surface area (Å²) in [5.74, 6) is 0.966. The van der Waals surface area contributed by atoms with E-state index in [1.54, 1.807) is 11.3 Å². The molecule has 0 spiro atoms. The van der Waals surface area contributed by atoms with Crippen LogP contribution >= 0.6 is 22.7 Å². The maximum atomic E-state index is 12.7. The molecular formula is C20H20N2O2S2. The third-order valence-corrected chi connectivity index (χ3v) is 6.02. The summed E-state index contributed by atoms with van der Waals surface area (Å²) in [6.45, 7) is 3.08. The summed E-state index contributed by atoms with van der Waals surface area (Å²) in [6.07, 6.45) is 2.18. The standard InChI is InChI=1S/C20H20N2O2S2/c1-14-4-8-17(9-5-14)24-12-19-21-15(13-26-19)11-22(16-6-7-16)20(23)18-3-2-10-25-18/h2-5,8-10,13,16H,6-7,11-12H2,1H3. The molecule has 4 rings (SSSR count). The van der Waals surface area contributed by atoms with Crippen molar-refractivity contribution in [2.24, 2.45) is 0 Å². The molecule has 0 aliphatic heterocycles. The van der Waals surface area contributed by atoms with Gasteiger partial charge in [0.05, 0.1) is 17.1 Å². The lowest BCUT2D eigenvalue weighted by molar-refractivity contribution is 0.0733. The molecule has 3 aromatic rings. The largest absolute Gasteiger partial charge is 0.486 e. The minimum atomic E-state index is 0.118. The zero-order valence-corrected chi connectivity index (χ0v) is 16.2. The second-order valence-corrected chi connectivity index (χ2v) is 8.37. The third kappa shape index (κ3) is 4.14. The molecule has 0 unspecified atom stereocenters. The van der Waals surface area contributed by atoms with Crippen molar-refractivity contribution in [2.45, 2.75) is 39.0 Å². The van der Waals surface area contributed by atoms with Crippen molar-refractivity contribution >= 4 is 28.6 Å². The summed E-state index contributed by atoms with van der Waals surface area (Å²) >= 11 is 3.08. The van der Waals surface area contributed by atoms with Crippen molar-refractivity contribution in [2.75, 3.05) is 0 Å². The van der Waals surface area contributed by atoms with Gasteiger partial charge in [-0.25, -0.2) is 4.98 Å². The van der Waals surface area contributed by atoms with Gasteiger partial charge in [-0.05, 0) is 43.3 Å². The Balaban J connectivity index is 1.39. The molecule has 6 heteroatoms. The fourth-order valence-electron chi connectivity index (χ4n) is 2.74. The van der Waals surface area contributed by atoms with Crippen LogP contribution < -0.4 is 4.74 Å². The van der Waals surface area contributed by atoms with E-state index in [-0.39, 0.29) is 5.91 Å². The first-order valence-electron chi connectivity index (χ1n) is 8.66. The lowest BCUT2D eigenvalue weighted by Crippen LogP contribution is -2.32. The number of rotatable bonds is 7. The van der Waals surface area contributed by atoms with Crippen LogP contribution in [0, 0.1) is 6.92 Å². The predicted octanol–water partition coefficient (Wildman–Crippen LogP) is 4.90. The Morgan fingerprint density at radius 2 is 2.04 bits per heavy atom. The fourth-order valence-corrected chi connectivity index (χ4v) is 4.11. The van der Waals surface area contributed by atoms with E-state index in [0.29, 0.717) is 19.2 Å². The number of carbonyl (C=O) groups excluding carboxylic acids is 1. The second kappa shape index (κ2) is 7.60. The number of amides is 1.